The molecule has 2 aliphatic rings. The number of allylic oxidation sites excluding steroid dienone is 1. The second kappa shape index (κ2) is 14.1. The quantitative estimate of drug-likeness (QED) is 0.373. The van der Waals surface area contributed by atoms with Crippen molar-refractivity contribution in [3.63, 3.8) is 0 Å². The molecule has 5 atom stereocenters. The van der Waals surface area contributed by atoms with E-state index in [4.69, 9.17) is 16.6 Å². The first-order valence-corrected chi connectivity index (χ1v) is 12.8. The molecule has 0 bridgehead atoms. The van der Waals surface area contributed by atoms with Crippen LogP contribution in [-0.4, -0.2) is 78.2 Å². The van der Waals surface area contributed by atoms with Gasteiger partial charge < -0.3 is 18.9 Å². The monoisotopic (exact) mass is 515 g/mol. The van der Waals surface area contributed by atoms with E-state index in [1.54, 1.807) is 0 Å². The van der Waals surface area contributed by atoms with Gasteiger partial charge in [0.05, 0.1) is 19.1 Å². The number of hydrogen-bond acceptors (Lipinski definition) is 7. The molecular formula is C25H38FN2O6P. The number of benzene rings is 1. The summed E-state index contributed by atoms with van der Waals surface area (Å²) in [7, 11) is -0.378. The molecule has 0 aliphatic carbocycles. The topological polar surface area (TPSA) is 88.5 Å². The van der Waals surface area contributed by atoms with Gasteiger partial charge >= 0.3 is 0 Å². The van der Waals surface area contributed by atoms with Crippen molar-refractivity contribution < 1.29 is 34.2 Å². The minimum Gasteiger partial charge on any atom is -0.400 e. The van der Waals surface area contributed by atoms with Gasteiger partial charge in [0.2, 0.25) is 7.34 Å². The van der Waals surface area contributed by atoms with Crippen LogP contribution in [0.15, 0.2) is 42.6 Å². The number of amides is 1. The highest BCUT2D eigenvalue weighted by Gasteiger charge is 2.50. The molecule has 1 fully saturated rings. The molecule has 10 heteroatoms. The highest BCUT2D eigenvalue weighted by molar-refractivity contribution is 7.44. The fourth-order valence-corrected chi connectivity index (χ4v) is 5.70. The lowest BCUT2D eigenvalue weighted by atomic mass is 10.1. The summed E-state index contributed by atoms with van der Waals surface area (Å²) in [5.41, 5.74) is 1.12. The third-order valence-corrected chi connectivity index (χ3v) is 7.60. The summed E-state index contributed by atoms with van der Waals surface area (Å²) in [6, 6.07) is 10.1. The molecule has 8 nitrogen and oxygen atoms in total. The van der Waals surface area contributed by atoms with E-state index in [1.807, 2.05) is 58.0 Å². The van der Waals surface area contributed by atoms with E-state index in [0.717, 1.165) is 10.5 Å². The van der Waals surface area contributed by atoms with E-state index >= 15 is 4.39 Å². The SMILES string of the molecule is [2H]CC1OC(N2C=CC(=O)CC2=O)C(F)C1OP(OCCc1ccccc1)N(C(C)C)C(C)C.[3H]OC. The second-order valence-electron chi connectivity index (χ2n) is 8.71. The standard InChI is InChI=1S/C24H34FN2O5P.CH4O/c1-16(2)27(17(3)4)33(30-14-12-19-9-7-6-8-10-19)32-23-18(5)31-24(22(23)25)26-13-11-20(28)15-21(26)29;1-2/h6-11,13,16-18,22-24H,12,14-15H2,1-5H3;2H,1H3/i5D;2T. The Hall–Kier alpha value is -1.74. The Labute approximate surface area is 211 Å². The van der Waals surface area contributed by atoms with E-state index in [0.29, 0.717) is 13.0 Å². The molecule has 1 aromatic rings. The number of aliphatic hydroxyl groups is 1. The van der Waals surface area contributed by atoms with Gasteiger partial charge in [-0.1, -0.05) is 30.3 Å². The maximum Gasteiger partial charge on any atom is 0.259 e. The van der Waals surface area contributed by atoms with E-state index in [-0.39, 0.29) is 31.2 Å². The molecule has 196 valence electrons. The smallest absolute Gasteiger partial charge is 0.259 e. The van der Waals surface area contributed by atoms with Crippen LogP contribution < -0.4 is 0 Å². The summed E-state index contributed by atoms with van der Waals surface area (Å²) in [6.45, 7) is 8.25. The number of carbonyl (C=O) groups excluding carboxylic acids is 2. The normalized spacial score (nSPS) is 26.1. The van der Waals surface area contributed by atoms with Crippen molar-refractivity contribution in [1.82, 2.24) is 9.57 Å². The Morgan fingerprint density at radius 1 is 1.31 bits per heavy atom. The number of rotatable bonds is 10. The Morgan fingerprint density at radius 3 is 2.54 bits per heavy atom. The average Bonchev–Trinajstić information content (AvgIpc) is 3.15. The van der Waals surface area contributed by atoms with Crippen LogP contribution in [0.3, 0.4) is 0 Å². The molecule has 5 unspecified atom stereocenters. The van der Waals surface area contributed by atoms with Crippen LogP contribution in [0.5, 0.6) is 0 Å². The lowest BCUT2D eigenvalue weighted by Crippen LogP contribution is -2.45. The second-order valence-corrected chi connectivity index (χ2v) is 10.1. The van der Waals surface area contributed by atoms with Crippen molar-refractivity contribution in [2.45, 2.75) is 84.1 Å². The van der Waals surface area contributed by atoms with Crippen LogP contribution in [0.4, 0.5) is 4.39 Å². The zero-order chi connectivity index (χ0) is 27.5. The number of alkyl halides is 1. The predicted octanol–water partition coefficient (Wildman–Crippen LogP) is 3.98. The molecule has 2 aliphatic heterocycles. The Balaban J connectivity index is 0.00000153. The first-order valence-electron chi connectivity index (χ1n) is 12.8. The van der Waals surface area contributed by atoms with Crippen LogP contribution in [0.1, 0.15) is 47.9 Å². The van der Waals surface area contributed by atoms with Crippen LogP contribution >= 0.6 is 8.53 Å². The third-order valence-electron chi connectivity index (χ3n) is 5.47. The fourth-order valence-electron chi connectivity index (χ4n) is 3.93. The van der Waals surface area contributed by atoms with Gasteiger partial charge in [-0.25, -0.2) is 9.06 Å². The van der Waals surface area contributed by atoms with E-state index in [2.05, 4.69) is 9.78 Å². The molecule has 0 spiro atoms. The number of hydrogen-bond donors (Lipinski definition) is 1. The number of ether oxygens (including phenoxy) is 1. The molecule has 0 aromatic heterocycles. The van der Waals surface area contributed by atoms with E-state index < -0.39 is 39.0 Å². The van der Waals surface area contributed by atoms with E-state index in [9.17, 15) is 9.59 Å². The number of aliphatic hydroxyl groups excluding tert-OH is 1. The molecule has 1 N–H and O–H groups in total. The zero-order valence-electron chi connectivity index (χ0n) is 23.0. The fraction of sp³-hybridized carbons (Fsp3) is 0.600. The minimum absolute atomic E-state index is 0.0751. The van der Waals surface area contributed by atoms with Crippen molar-refractivity contribution in [1.29, 1.82) is 1.43 Å². The first kappa shape index (κ1) is 26.3. The van der Waals surface area contributed by atoms with Crippen molar-refractivity contribution in [2.75, 3.05) is 13.7 Å². The summed E-state index contributed by atoms with van der Waals surface area (Å²) >= 11 is 0. The highest BCUT2D eigenvalue weighted by atomic mass is 31.2. The highest BCUT2D eigenvalue weighted by Crippen LogP contribution is 2.49. The predicted molar refractivity (Wildman–Crippen MR) is 133 cm³/mol. The molecular weight excluding hydrogens is 474 g/mol. The number of ketones is 1. The molecule has 1 aromatic carbocycles. The van der Waals surface area contributed by atoms with Crippen LogP contribution in [0.2, 0.25) is 0 Å². The maximum absolute atomic E-state index is 15.6. The van der Waals surface area contributed by atoms with Crippen LogP contribution in [0.25, 0.3) is 0 Å². The lowest BCUT2D eigenvalue weighted by molar-refractivity contribution is -0.145. The largest absolute Gasteiger partial charge is 0.400 e. The molecule has 35 heavy (non-hydrogen) atoms. The number of nitrogens with zero attached hydrogens (tertiary/aromatic N) is 2. The molecule has 0 saturated carbocycles. The van der Waals surface area contributed by atoms with Gasteiger partial charge in [-0.3, -0.25) is 14.5 Å². The van der Waals surface area contributed by atoms with Crippen molar-refractivity contribution in [2.24, 2.45) is 0 Å². The van der Waals surface area contributed by atoms with Gasteiger partial charge in [0.1, 0.15) is 6.10 Å². The van der Waals surface area contributed by atoms with Gasteiger partial charge in [-0.15, -0.1) is 0 Å². The van der Waals surface area contributed by atoms with Crippen LogP contribution in [-0.2, 0) is 29.8 Å². The number of halogens is 1. The Kier molecular flexibility index (Phi) is 10.6. The average molecular weight is 516 g/mol. The van der Waals surface area contributed by atoms with E-state index in [1.165, 1.54) is 19.4 Å². The Bertz CT molecular complexity index is 874. The van der Waals surface area contributed by atoms with Crippen molar-refractivity contribution in [3.05, 3.63) is 48.2 Å². The van der Waals surface area contributed by atoms with Gasteiger partial charge in [0, 0.05) is 26.8 Å². The molecule has 2 heterocycles. The summed E-state index contributed by atoms with van der Waals surface area (Å²) in [5, 5.41) is 3.50. The van der Waals surface area contributed by atoms with Crippen LogP contribution in [0, 0.1) is 0 Å². The first-order chi connectivity index (χ1) is 17.6. The Morgan fingerprint density at radius 2 is 1.97 bits per heavy atom. The zero-order valence-corrected chi connectivity index (χ0v) is 21.9. The van der Waals surface area contributed by atoms with Crippen molar-refractivity contribution >= 4 is 20.2 Å². The molecule has 3 rings (SSSR count). The van der Waals surface area contributed by atoms with Gasteiger partial charge in [0.25, 0.3) is 8.53 Å². The number of carbonyl (C=O) groups is 2. The van der Waals surface area contributed by atoms with Gasteiger partial charge in [-0.05, 0) is 52.7 Å². The lowest BCUT2D eigenvalue weighted by Gasteiger charge is -2.37. The summed E-state index contributed by atoms with van der Waals surface area (Å²) in [5.74, 6) is -0.865. The summed E-state index contributed by atoms with van der Waals surface area (Å²) in [4.78, 5) is 24.9. The maximum atomic E-state index is 15.6. The van der Waals surface area contributed by atoms with Crippen molar-refractivity contribution in [3.8, 4) is 0 Å². The third kappa shape index (κ3) is 7.87. The molecule has 0 radical (unpaired) electrons. The summed E-state index contributed by atoms with van der Waals surface area (Å²) in [6.07, 6.45) is -2.05. The van der Waals surface area contributed by atoms with Gasteiger partial charge in [-0.2, -0.15) is 0 Å². The van der Waals surface area contributed by atoms with Gasteiger partial charge in [0.15, 0.2) is 18.2 Å². The molecule has 1 saturated heterocycles. The minimum atomic E-state index is -1.69. The molecule has 1 amide bonds. The summed E-state index contributed by atoms with van der Waals surface area (Å²) < 4.78 is 49.5.